The minimum atomic E-state index is -1.50. The summed E-state index contributed by atoms with van der Waals surface area (Å²) in [6.45, 7) is 0. The number of hydrogen-bond donors (Lipinski definition) is 1. The fourth-order valence-electron chi connectivity index (χ4n) is 0.748. The molecule has 0 atom stereocenters. The van der Waals surface area contributed by atoms with E-state index < -0.39 is 33.0 Å². The molecular weight excluding hydrogens is 206 g/mol. The number of rotatable bonds is 1. The van der Waals surface area contributed by atoms with Gasteiger partial charge in [-0.2, -0.15) is 0 Å². The van der Waals surface area contributed by atoms with Crippen molar-refractivity contribution in [2.24, 2.45) is 0 Å². The summed E-state index contributed by atoms with van der Waals surface area (Å²) in [4.78, 5) is 9.27. The first-order valence-corrected chi connectivity index (χ1v) is 3.40. The molecule has 70 valence electrons. The van der Waals surface area contributed by atoms with Gasteiger partial charge in [0.05, 0.1) is 9.95 Å². The summed E-state index contributed by atoms with van der Waals surface area (Å²) in [6.07, 6.45) is 0. The van der Waals surface area contributed by atoms with Crippen molar-refractivity contribution in [2.45, 2.75) is 0 Å². The fourth-order valence-corrected chi connectivity index (χ4v) is 0.934. The predicted octanol–water partition coefficient (Wildman–Crippen LogP) is 2.11. The van der Waals surface area contributed by atoms with Crippen LogP contribution in [0.2, 0.25) is 5.02 Å². The zero-order valence-corrected chi connectivity index (χ0v) is 6.81. The maximum absolute atomic E-state index is 12.7. The number of anilines is 1. The molecule has 0 saturated heterocycles. The Morgan fingerprint density at radius 1 is 1.46 bits per heavy atom. The highest BCUT2D eigenvalue weighted by Crippen LogP contribution is 2.31. The average Bonchev–Trinajstić information content (AvgIpc) is 2.07. The van der Waals surface area contributed by atoms with Crippen molar-refractivity contribution in [2.75, 3.05) is 5.73 Å². The number of nitrogen functional groups attached to an aromatic ring is 1. The molecule has 0 aliphatic carbocycles. The summed E-state index contributed by atoms with van der Waals surface area (Å²) in [7, 11) is 0. The predicted molar refractivity (Wildman–Crippen MR) is 42.4 cm³/mol. The van der Waals surface area contributed by atoms with Crippen LogP contribution in [0.4, 0.5) is 20.2 Å². The van der Waals surface area contributed by atoms with Gasteiger partial charge in [-0.05, 0) is 0 Å². The van der Waals surface area contributed by atoms with Crippen molar-refractivity contribution < 1.29 is 13.7 Å². The molecule has 0 saturated carbocycles. The van der Waals surface area contributed by atoms with E-state index in [-0.39, 0.29) is 0 Å². The first kappa shape index (κ1) is 9.66. The topological polar surface area (TPSA) is 69.2 Å². The molecule has 2 N–H and O–H groups in total. The second kappa shape index (κ2) is 3.14. The number of hydrogen-bond acceptors (Lipinski definition) is 3. The van der Waals surface area contributed by atoms with Crippen LogP contribution in [-0.4, -0.2) is 4.92 Å². The number of benzene rings is 1. The van der Waals surface area contributed by atoms with Crippen molar-refractivity contribution in [1.29, 1.82) is 0 Å². The lowest BCUT2D eigenvalue weighted by Gasteiger charge is -2.00. The molecule has 0 amide bonds. The molecule has 0 aliphatic rings. The Labute approximate surface area is 76.1 Å². The smallest absolute Gasteiger partial charge is 0.296 e. The monoisotopic (exact) mass is 208 g/mol. The molecule has 0 bridgehead atoms. The van der Waals surface area contributed by atoms with E-state index in [2.05, 4.69) is 0 Å². The van der Waals surface area contributed by atoms with Gasteiger partial charge in [-0.25, -0.2) is 8.78 Å². The van der Waals surface area contributed by atoms with Crippen molar-refractivity contribution in [3.8, 4) is 0 Å². The van der Waals surface area contributed by atoms with Gasteiger partial charge in [0.25, 0.3) is 5.69 Å². The second-order valence-electron chi connectivity index (χ2n) is 2.18. The molecule has 0 radical (unpaired) electrons. The Hall–Kier alpha value is -1.43. The molecule has 1 rings (SSSR count). The number of nitrogens with zero attached hydrogens (tertiary/aromatic N) is 1. The Kier molecular flexibility index (Phi) is 2.33. The van der Waals surface area contributed by atoms with Gasteiger partial charge in [0.15, 0.2) is 11.6 Å². The molecule has 4 nitrogen and oxygen atoms in total. The lowest BCUT2D eigenvalue weighted by molar-refractivity contribution is -0.384. The number of nitrogens with two attached hydrogens (primary N) is 1. The minimum Gasteiger partial charge on any atom is -0.391 e. The summed E-state index contributed by atoms with van der Waals surface area (Å²) in [6, 6.07) is 0.662. The molecule has 1 aromatic carbocycles. The van der Waals surface area contributed by atoms with Gasteiger partial charge in [0.2, 0.25) is 0 Å². The van der Waals surface area contributed by atoms with Crippen LogP contribution in [0.15, 0.2) is 6.07 Å². The Morgan fingerprint density at radius 3 is 2.46 bits per heavy atom. The van der Waals surface area contributed by atoms with Crippen LogP contribution >= 0.6 is 11.6 Å². The maximum Gasteiger partial charge on any atom is 0.296 e. The Bertz CT molecular complexity index is 383. The standard InChI is InChI=1S/C6H3ClF2N2O2/c7-2-1-3(11(12)13)6(10)5(9)4(2)8/h1H,10H2. The molecule has 0 unspecified atom stereocenters. The molecule has 0 aromatic heterocycles. The van der Waals surface area contributed by atoms with E-state index in [1.807, 2.05) is 0 Å². The van der Waals surface area contributed by atoms with Gasteiger partial charge in [0.1, 0.15) is 5.69 Å². The highest BCUT2D eigenvalue weighted by Gasteiger charge is 2.22. The van der Waals surface area contributed by atoms with E-state index in [9.17, 15) is 18.9 Å². The molecule has 7 heteroatoms. The molecule has 0 aliphatic heterocycles. The van der Waals surface area contributed by atoms with Crippen molar-refractivity contribution in [1.82, 2.24) is 0 Å². The summed E-state index contributed by atoms with van der Waals surface area (Å²) < 4.78 is 25.3. The zero-order chi connectivity index (χ0) is 10.2. The summed E-state index contributed by atoms with van der Waals surface area (Å²) in [5.74, 6) is -2.89. The highest BCUT2D eigenvalue weighted by molar-refractivity contribution is 6.31. The highest BCUT2D eigenvalue weighted by atomic mass is 35.5. The molecule has 13 heavy (non-hydrogen) atoms. The zero-order valence-electron chi connectivity index (χ0n) is 6.05. The molecule has 1 aromatic rings. The third kappa shape index (κ3) is 1.52. The van der Waals surface area contributed by atoms with Crippen LogP contribution in [0, 0.1) is 21.7 Å². The molecule has 0 fully saturated rings. The van der Waals surface area contributed by atoms with Crippen LogP contribution in [-0.2, 0) is 0 Å². The fraction of sp³-hybridized carbons (Fsp3) is 0. The lowest BCUT2D eigenvalue weighted by Crippen LogP contribution is -2.01. The largest absolute Gasteiger partial charge is 0.391 e. The number of nitro benzene ring substituents is 1. The quantitative estimate of drug-likeness (QED) is 0.333. The van der Waals surface area contributed by atoms with Crippen LogP contribution in [0.3, 0.4) is 0 Å². The third-order valence-electron chi connectivity index (χ3n) is 1.37. The van der Waals surface area contributed by atoms with Crippen molar-refractivity contribution in [3.05, 3.63) is 32.8 Å². The Balaban J connectivity index is 3.50. The van der Waals surface area contributed by atoms with Gasteiger partial charge in [-0.1, -0.05) is 11.6 Å². The van der Waals surface area contributed by atoms with Crippen LogP contribution in [0.1, 0.15) is 0 Å². The molecule has 0 spiro atoms. The van der Waals surface area contributed by atoms with Gasteiger partial charge in [-0.15, -0.1) is 0 Å². The maximum atomic E-state index is 12.7. The third-order valence-corrected chi connectivity index (χ3v) is 1.65. The average molecular weight is 209 g/mol. The first-order chi connectivity index (χ1) is 5.95. The molecular formula is C6H3ClF2N2O2. The first-order valence-electron chi connectivity index (χ1n) is 3.02. The normalized spacial score (nSPS) is 10.1. The van der Waals surface area contributed by atoms with Crippen LogP contribution in [0.25, 0.3) is 0 Å². The summed E-state index contributed by atoms with van der Waals surface area (Å²) in [5, 5.41) is 9.55. The van der Waals surface area contributed by atoms with E-state index in [4.69, 9.17) is 17.3 Å². The van der Waals surface area contributed by atoms with Crippen molar-refractivity contribution >= 4 is 23.0 Å². The number of halogens is 3. The van der Waals surface area contributed by atoms with Gasteiger partial charge < -0.3 is 5.73 Å². The summed E-state index contributed by atoms with van der Waals surface area (Å²) >= 11 is 5.16. The summed E-state index contributed by atoms with van der Waals surface area (Å²) in [5.41, 5.74) is 3.34. The van der Waals surface area contributed by atoms with Crippen LogP contribution in [0.5, 0.6) is 0 Å². The Morgan fingerprint density at radius 2 is 2.00 bits per heavy atom. The van der Waals surface area contributed by atoms with E-state index in [1.165, 1.54) is 0 Å². The lowest BCUT2D eigenvalue weighted by atomic mass is 10.2. The van der Waals surface area contributed by atoms with Crippen LogP contribution < -0.4 is 5.73 Å². The SMILES string of the molecule is Nc1c([N+](=O)[O-])cc(Cl)c(F)c1F. The van der Waals surface area contributed by atoms with Gasteiger partial charge >= 0.3 is 0 Å². The van der Waals surface area contributed by atoms with Gasteiger partial charge in [0, 0.05) is 6.07 Å². The minimum absolute atomic E-state index is 0.662. The number of nitro groups is 1. The van der Waals surface area contributed by atoms with Crippen molar-refractivity contribution in [3.63, 3.8) is 0 Å². The second-order valence-corrected chi connectivity index (χ2v) is 2.58. The van der Waals surface area contributed by atoms with Gasteiger partial charge in [-0.3, -0.25) is 10.1 Å². The van der Waals surface area contributed by atoms with E-state index >= 15 is 0 Å². The van der Waals surface area contributed by atoms with E-state index in [1.54, 1.807) is 0 Å². The van der Waals surface area contributed by atoms with E-state index in [0.29, 0.717) is 6.07 Å². The van der Waals surface area contributed by atoms with E-state index in [0.717, 1.165) is 0 Å². The molecule has 0 heterocycles.